The van der Waals surface area contributed by atoms with Crippen LogP contribution in [0.4, 0.5) is 4.79 Å². The van der Waals surface area contributed by atoms with Crippen molar-refractivity contribution in [2.75, 3.05) is 14.1 Å². The highest BCUT2D eigenvalue weighted by atomic mass is 32.2. The minimum Gasteiger partial charge on any atom is -0.326 e. The van der Waals surface area contributed by atoms with Crippen LogP contribution >= 0.6 is 0 Å². The molecule has 1 saturated carbocycles. The predicted octanol–water partition coefficient (Wildman–Crippen LogP) is 2.84. The van der Waals surface area contributed by atoms with E-state index in [1.165, 1.54) is 19.0 Å². The van der Waals surface area contributed by atoms with Crippen LogP contribution in [-0.4, -0.2) is 58.7 Å². The van der Waals surface area contributed by atoms with E-state index < -0.39 is 15.6 Å². The number of carbonyl (C=O) groups excluding carboxylic acids is 2. The van der Waals surface area contributed by atoms with Crippen molar-refractivity contribution in [3.63, 3.8) is 0 Å². The van der Waals surface area contributed by atoms with Gasteiger partial charge in [0.05, 0.1) is 22.5 Å². The first kappa shape index (κ1) is 22.7. The van der Waals surface area contributed by atoms with E-state index in [1.807, 2.05) is 11.5 Å². The molecule has 4 rings (SSSR count). The fourth-order valence-electron chi connectivity index (χ4n) is 4.76. The van der Waals surface area contributed by atoms with Crippen molar-refractivity contribution in [3.05, 3.63) is 24.0 Å². The molecule has 9 nitrogen and oxygen atoms in total. The van der Waals surface area contributed by atoms with E-state index in [-0.39, 0.29) is 23.4 Å². The SMILES string of the molecule is CCCn1c(CN2C(=O)NC3(CCCCCC3)C2=O)nc2cc(S(=O)(=O)N(C)C)ccc21. The Morgan fingerprint density at radius 2 is 1.81 bits per heavy atom. The average Bonchev–Trinajstić information content (AvgIpc) is 3.06. The number of imide groups is 1. The molecule has 10 heteroatoms. The number of benzene rings is 1. The monoisotopic (exact) mass is 461 g/mol. The number of aromatic nitrogens is 2. The van der Waals surface area contributed by atoms with Crippen molar-refractivity contribution in [1.82, 2.24) is 24.1 Å². The molecule has 2 aromatic rings. The number of imidazole rings is 1. The molecule has 2 fully saturated rings. The molecule has 1 N–H and O–H groups in total. The second kappa shape index (κ2) is 8.47. The van der Waals surface area contributed by atoms with Crippen LogP contribution in [-0.2, 0) is 27.9 Å². The minimum absolute atomic E-state index is 0.0663. The molecule has 1 aromatic heterocycles. The molecular weight excluding hydrogens is 430 g/mol. The lowest BCUT2D eigenvalue weighted by Gasteiger charge is -2.24. The average molecular weight is 462 g/mol. The van der Waals surface area contributed by atoms with E-state index >= 15 is 0 Å². The minimum atomic E-state index is -3.59. The first-order valence-corrected chi connectivity index (χ1v) is 12.7. The number of carbonyl (C=O) groups is 2. The molecule has 32 heavy (non-hydrogen) atoms. The Morgan fingerprint density at radius 3 is 2.44 bits per heavy atom. The van der Waals surface area contributed by atoms with Gasteiger partial charge in [0.15, 0.2) is 0 Å². The van der Waals surface area contributed by atoms with Crippen LogP contribution < -0.4 is 5.32 Å². The van der Waals surface area contributed by atoms with Gasteiger partial charge in [0.25, 0.3) is 5.91 Å². The highest BCUT2D eigenvalue weighted by Gasteiger charge is 2.50. The standard InChI is InChI=1S/C22H31N5O4S/c1-4-13-26-18-10-9-16(32(30,31)25(2)3)14-17(18)23-19(26)15-27-20(28)22(24-21(27)29)11-7-5-6-8-12-22/h9-10,14H,4-8,11-13,15H2,1-3H3,(H,24,29). The van der Waals surface area contributed by atoms with Crippen molar-refractivity contribution in [2.24, 2.45) is 0 Å². The number of aryl methyl sites for hydroxylation is 1. The number of nitrogens with zero attached hydrogens (tertiary/aromatic N) is 4. The predicted molar refractivity (Wildman–Crippen MR) is 120 cm³/mol. The summed E-state index contributed by atoms with van der Waals surface area (Å²) in [4.78, 5) is 32.2. The second-order valence-corrected chi connectivity index (χ2v) is 11.1. The summed E-state index contributed by atoms with van der Waals surface area (Å²) in [7, 11) is -0.616. The second-order valence-electron chi connectivity index (χ2n) is 8.94. The molecule has 1 aliphatic heterocycles. The van der Waals surface area contributed by atoms with Gasteiger partial charge in [-0.25, -0.2) is 22.5 Å². The molecule has 2 aliphatic rings. The largest absolute Gasteiger partial charge is 0.326 e. The number of nitrogens with one attached hydrogen (secondary N) is 1. The fourth-order valence-corrected chi connectivity index (χ4v) is 5.68. The molecule has 0 bridgehead atoms. The van der Waals surface area contributed by atoms with Gasteiger partial charge in [-0.15, -0.1) is 0 Å². The highest BCUT2D eigenvalue weighted by molar-refractivity contribution is 7.89. The zero-order valence-electron chi connectivity index (χ0n) is 18.9. The third-order valence-electron chi connectivity index (χ3n) is 6.53. The number of amides is 3. The number of hydrogen-bond acceptors (Lipinski definition) is 5. The van der Waals surface area contributed by atoms with Crippen LogP contribution in [0.2, 0.25) is 0 Å². The number of urea groups is 1. The molecule has 0 atom stereocenters. The quantitative estimate of drug-likeness (QED) is 0.666. The van der Waals surface area contributed by atoms with Gasteiger partial charge in [-0.1, -0.05) is 32.6 Å². The van der Waals surface area contributed by atoms with E-state index in [9.17, 15) is 18.0 Å². The van der Waals surface area contributed by atoms with Crippen molar-refractivity contribution in [3.8, 4) is 0 Å². The molecule has 1 spiro atoms. The van der Waals surface area contributed by atoms with Gasteiger partial charge < -0.3 is 9.88 Å². The molecule has 0 unspecified atom stereocenters. The van der Waals surface area contributed by atoms with E-state index in [2.05, 4.69) is 10.3 Å². The van der Waals surface area contributed by atoms with Crippen LogP contribution in [0.15, 0.2) is 23.1 Å². The maximum Gasteiger partial charge on any atom is 0.325 e. The van der Waals surface area contributed by atoms with E-state index in [0.717, 1.165) is 41.9 Å². The lowest BCUT2D eigenvalue weighted by atomic mass is 9.90. The van der Waals surface area contributed by atoms with E-state index in [0.29, 0.717) is 30.7 Å². The first-order valence-electron chi connectivity index (χ1n) is 11.3. The maximum atomic E-state index is 13.3. The Kier molecular flexibility index (Phi) is 6.02. The third kappa shape index (κ3) is 3.79. The van der Waals surface area contributed by atoms with Crippen LogP contribution in [0.5, 0.6) is 0 Å². The molecule has 1 saturated heterocycles. The van der Waals surface area contributed by atoms with Crippen LogP contribution in [0.25, 0.3) is 11.0 Å². The Balaban J connectivity index is 1.70. The van der Waals surface area contributed by atoms with Crippen LogP contribution in [0.3, 0.4) is 0 Å². The molecule has 174 valence electrons. The Morgan fingerprint density at radius 1 is 1.12 bits per heavy atom. The maximum absolute atomic E-state index is 13.3. The van der Waals surface area contributed by atoms with Crippen molar-refractivity contribution >= 4 is 33.0 Å². The van der Waals surface area contributed by atoms with Crippen LogP contribution in [0, 0.1) is 0 Å². The normalized spacial score (nSPS) is 19.2. The Bertz CT molecular complexity index is 1150. The van der Waals surface area contributed by atoms with Gasteiger partial charge in [0, 0.05) is 20.6 Å². The molecule has 1 aliphatic carbocycles. The lowest BCUT2D eigenvalue weighted by molar-refractivity contribution is -0.132. The molecule has 1 aromatic carbocycles. The van der Waals surface area contributed by atoms with Crippen molar-refractivity contribution in [1.29, 1.82) is 0 Å². The van der Waals surface area contributed by atoms with Gasteiger partial charge in [0.1, 0.15) is 11.4 Å². The van der Waals surface area contributed by atoms with Gasteiger partial charge in [0.2, 0.25) is 10.0 Å². The zero-order chi connectivity index (χ0) is 23.1. The Hall–Kier alpha value is -2.46. The number of hydrogen-bond donors (Lipinski definition) is 1. The fraction of sp³-hybridized carbons (Fsp3) is 0.591. The van der Waals surface area contributed by atoms with Crippen LogP contribution in [0.1, 0.15) is 57.7 Å². The summed E-state index contributed by atoms with van der Waals surface area (Å²) in [5.41, 5.74) is 0.533. The molecular formula is C22H31N5O4S. The van der Waals surface area contributed by atoms with Gasteiger partial charge >= 0.3 is 6.03 Å². The lowest BCUT2D eigenvalue weighted by Crippen LogP contribution is -2.46. The highest BCUT2D eigenvalue weighted by Crippen LogP contribution is 2.33. The number of fused-ring (bicyclic) bond motifs is 1. The summed E-state index contributed by atoms with van der Waals surface area (Å²) in [6.07, 6.45) is 6.19. The van der Waals surface area contributed by atoms with Gasteiger partial charge in [-0.3, -0.25) is 9.69 Å². The summed E-state index contributed by atoms with van der Waals surface area (Å²) >= 11 is 0. The first-order chi connectivity index (χ1) is 15.2. The summed E-state index contributed by atoms with van der Waals surface area (Å²) in [5.74, 6) is 0.408. The number of sulfonamides is 1. The molecule has 3 amide bonds. The van der Waals surface area contributed by atoms with Crippen molar-refractivity contribution in [2.45, 2.75) is 75.4 Å². The summed E-state index contributed by atoms with van der Waals surface area (Å²) in [5, 5.41) is 2.97. The molecule has 0 radical (unpaired) electrons. The van der Waals surface area contributed by atoms with Crippen molar-refractivity contribution < 1.29 is 18.0 Å². The smallest absolute Gasteiger partial charge is 0.325 e. The topological polar surface area (TPSA) is 105 Å². The number of rotatable bonds is 6. The summed E-state index contributed by atoms with van der Waals surface area (Å²) < 4.78 is 28.2. The molecule has 2 heterocycles. The van der Waals surface area contributed by atoms with Gasteiger partial charge in [-0.2, -0.15) is 0 Å². The van der Waals surface area contributed by atoms with Gasteiger partial charge in [-0.05, 0) is 37.5 Å². The summed E-state index contributed by atoms with van der Waals surface area (Å²) in [6.45, 7) is 2.76. The van der Waals surface area contributed by atoms with E-state index in [4.69, 9.17) is 0 Å². The summed E-state index contributed by atoms with van der Waals surface area (Å²) in [6, 6.07) is 4.50. The van der Waals surface area contributed by atoms with E-state index in [1.54, 1.807) is 18.2 Å². The Labute approximate surface area is 188 Å². The zero-order valence-corrected chi connectivity index (χ0v) is 19.7. The third-order valence-corrected chi connectivity index (χ3v) is 8.34.